The van der Waals surface area contributed by atoms with E-state index in [1.54, 1.807) is 10.9 Å². The highest BCUT2D eigenvalue weighted by Crippen LogP contribution is 2.22. The molecule has 0 amide bonds. The molecule has 0 saturated heterocycles. The molecule has 0 aliphatic carbocycles. The van der Waals surface area contributed by atoms with Crippen molar-refractivity contribution in [3.05, 3.63) is 48.4 Å². The van der Waals surface area contributed by atoms with Crippen LogP contribution in [0.2, 0.25) is 0 Å². The van der Waals surface area contributed by atoms with E-state index in [4.69, 9.17) is 0 Å². The molecule has 126 valence electrons. The molecule has 8 nitrogen and oxygen atoms in total. The number of nitrogens with zero attached hydrogens (tertiary/aromatic N) is 4. The number of fused-ring (bicyclic) bond motifs is 1. The smallest absolute Gasteiger partial charge is 0.163 e. The molecule has 0 fully saturated rings. The van der Waals surface area contributed by atoms with Crippen molar-refractivity contribution in [3.8, 4) is 0 Å². The van der Waals surface area contributed by atoms with Crippen LogP contribution in [0, 0.1) is 0 Å². The molecule has 2 heterocycles. The molecule has 3 aromatic rings. The molecular formula is C16H19N5O3. The van der Waals surface area contributed by atoms with Crippen molar-refractivity contribution in [3.63, 3.8) is 0 Å². The fraction of sp³-hybridized carbons (Fsp3) is 0.312. The largest absolute Gasteiger partial charge is 0.394 e. The Labute approximate surface area is 138 Å². The summed E-state index contributed by atoms with van der Waals surface area (Å²) in [5.74, 6) is 0.400. The number of anilines is 1. The van der Waals surface area contributed by atoms with E-state index in [1.807, 2.05) is 30.3 Å². The van der Waals surface area contributed by atoms with Gasteiger partial charge in [0.15, 0.2) is 5.65 Å². The predicted octanol–water partition coefficient (Wildman–Crippen LogP) is 0.00220. The van der Waals surface area contributed by atoms with Crippen molar-refractivity contribution in [2.24, 2.45) is 0 Å². The third kappa shape index (κ3) is 3.07. The van der Waals surface area contributed by atoms with Crippen LogP contribution in [0.1, 0.15) is 5.56 Å². The highest BCUT2D eigenvalue weighted by molar-refractivity contribution is 5.86. The lowest BCUT2D eigenvalue weighted by Crippen LogP contribution is -2.49. The van der Waals surface area contributed by atoms with Gasteiger partial charge in [0.05, 0.1) is 37.9 Å². The summed E-state index contributed by atoms with van der Waals surface area (Å²) >= 11 is 0. The molecule has 0 aliphatic rings. The molecule has 3 rings (SSSR count). The Bertz CT molecular complexity index is 794. The first-order valence-electron chi connectivity index (χ1n) is 7.52. The van der Waals surface area contributed by atoms with Gasteiger partial charge in [-0.15, -0.1) is 0 Å². The van der Waals surface area contributed by atoms with E-state index in [9.17, 15) is 15.3 Å². The second-order valence-corrected chi connectivity index (χ2v) is 5.63. The number of aliphatic hydroxyl groups excluding tert-OH is 3. The van der Waals surface area contributed by atoms with Crippen LogP contribution in [0.15, 0.2) is 42.9 Å². The van der Waals surface area contributed by atoms with E-state index < -0.39 is 25.4 Å². The van der Waals surface area contributed by atoms with Crippen molar-refractivity contribution < 1.29 is 15.3 Å². The summed E-state index contributed by atoms with van der Waals surface area (Å²) in [5.41, 5.74) is 0.452. The summed E-state index contributed by atoms with van der Waals surface area (Å²) in [6.45, 7) is -0.761. The number of hydrogen-bond donors (Lipinski definition) is 4. The number of aliphatic hydroxyl groups is 3. The monoisotopic (exact) mass is 329 g/mol. The third-order valence-electron chi connectivity index (χ3n) is 3.90. The topological polar surface area (TPSA) is 116 Å². The van der Waals surface area contributed by atoms with Gasteiger partial charge in [-0.25, -0.2) is 14.6 Å². The van der Waals surface area contributed by atoms with E-state index in [0.29, 0.717) is 23.4 Å². The predicted molar refractivity (Wildman–Crippen MR) is 88.5 cm³/mol. The maximum Gasteiger partial charge on any atom is 0.163 e. The highest BCUT2D eigenvalue weighted by Gasteiger charge is 2.29. The van der Waals surface area contributed by atoms with Gasteiger partial charge in [-0.2, -0.15) is 5.10 Å². The van der Waals surface area contributed by atoms with Crippen molar-refractivity contribution in [2.75, 3.05) is 25.1 Å². The van der Waals surface area contributed by atoms with E-state index >= 15 is 0 Å². The zero-order valence-electron chi connectivity index (χ0n) is 13.0. The van der Waals surface area contributed by atoms with Crippen molar-refractivity contribution in [1.82, 2.24) is 19.7 Å². The van der Waals surface area contributed by atoms with Crippen LogP contribution < -0.4 is 5.32 Å². The minimum absolute atomic E-state index is 0.400. The second-order valence-electron chi connectivity index (χ2n) is 5.63. The minimum atomic E-state index is -1.26. The first kappa shape index (κ1) is 16.3. The lowest BCUT2D eigenvalue weighted by molar-refractivity contribution is 0.0832. The first-order valence-corrected chi connectivity index (χ1v) is 7.52. The second kappa shape index (κ2) is 6.91. The van der Waals surface area contributed by atoms with Crippen LogP contribution in [0.5, 0.6) is 0 Å². The fourth-order valence-corrected chi connectivity index (χ4v) is 2.38. The summed E-state index contributed by atoms with van der Waals surface area (Å²) in [5, 5.41) is 36.3. The van der Waals surface area contributed by atoms with Crippen molar-refractivity contribution >= 4 is 16.9 Å². The Morgan fingerprint density at radius 1 is 1.00 bits per heavy atom. The maximum atomic E-state index is 9.46. The number of benzene rings is 1. The molecule has 24 heavy (non-hydrogen) atoms. The van der Waals surface area contributed by atoms with Crippen LogP contribution in [-0.2, 0) is 6.54 Å². The van der Waals surface area contributed by atoms with Gasteiger partial charge in [-0.05, 0) is 5.56 Å². The Kier molecular flexibility index (Phi) is 4.70. The average molecular weight is 329 g/mol. The molecule has 0 atom stereocenters. The number of hydrogen-bond acceptors (Lipinski definition) is 7. The Morgan fingerprint density at radius 3 is 2.38 bits per heavy atom. The summed E-state index contributed by atoms with van der Waals surface area (Å²) in [7, 11) is 0. The van der Waals surface area contributed by atoms with Gasteiger partial charge in [-0.1, -0.05) is 30.3 Å². The summed E-state index contributed by atoms with van der Waals surface area (Å²) in [6, 6.07) is 9.87. The van der Waals surface area contributed by atoms with Gasteiger partial charge < -0.3 is 20.6 Å². The third-order valence-corrected chi connectivity index (χ3v) is 3.90. The van der Waals surface area contributed by atoms with E-state index in [0.717, 1.165) is 5.56 Å². The van der Waals surface area contributed by atoms with Gasteiger partial charge in [0, 0.05) is 0 Å². The van der Waals surface area contributed by atoms with E-state index in [1.165, 1.54) is 6.33 Å². The lowest BCUT2D eigenvalue weighted by atomic mass is 10.0. The molecular weight excluding hydrogens is 310 g/mol. The number of rotatable bonds is 7. The minimum Gasteiger partial charge on any atom is -0.394 e. The lowest BCUT2D eigenvalue weighted by Gasteiger charge is -2.29. The number of aromatic nitrogens is 4. The molecule has 4 N–H and O–H groups in total. The van der Waals surface area contributed by atoms with Gasteiger partial charge in [0.2, 0.25) is 0 Å². The first-order chi connectivity index (χ1) is 11.7. The van der Waals surface area contributed by atoms with Crippen LogP contribution in [-0.4, -0.2) is 60.4 Å². The Balaban J connectivity index is 1.95. The summed E-state index contributed by atoms with van der Waals surface area (Å²) < 4.78 is 1.75. The van der Waals surface area contributed by atoms with Gasteiger partial charge >= 0.3 is 0 Å². The zero-order valence-corrected chi connectivity index (χ0v) is 13.0. The quantitative estimate of drug-likeness (QED) is 0.482. The molecule has 8 heteroatoms. The fourth-order valence-electron chi connectivity index (χ4n) is 2.38. The molecule has 0 aliphatic heterocycles. The maximum absolute atomic E-state index is 9.46. The van der Waals surface area contributed by atoms with Crippen LogP contribution in [0.25, 0.3) is 11.0 Å². The van der Waals surface area contributed by atoms with Crippen molar-refractivity contribution in [2.45, 2.75) is 12.1 Å². The van der Waals surface area contributed by atoms with Crippen LogP contribution >= 0.6 is 0 Å². The molecule has 0 radical (unpaired) electrons. The van der Waals surface area contributed by atoms with Crippen LogP contribution in [0.3, 0.4) is 0 Å². The SMILES string of the molecule is OCC(CO)(CO)Nc1ncnc2c1cnn2Cc1ccccc1. The zero-order chi connectivity index (χ0) is 17.0. The summed E-state index contributed by atoms with van der Waals surface area (Å²) in [6.07, 6.45) is 3.00. The normalized spacial score (nSPS) is 11.8. The molecule has 0 unspecified atom stereocenters. The average Bonchev–Trinajstić information content (AvgIpc) is 3.05. The highest BCUT2D eigenvalue weighted by atomic mass is 16.3. The van der Waals surface area contributed by atoms with E-state index in [2.05, 4.69) is 20.4 Å². The molecule has 0 bridgehead atoms. The Morgan fingerprint density at radius 2 is 1.71 bits per heavy atom. The molecule has 0 spiro atoms. The van der Waals surface area contributed by atoms with Crippen LogP contribution in [0.4, 0.5) is 5.82 Å². The standard InChI is InChI=1S/C16H19N5O3/c22-8-16(9-23,10-24)20-14-13-6-19-21(15(13)18-11-17-14)7-12-4-2-1-3-5-12/h1-6,11,22-24H,7-10H2,(H,17,18,20). The molecule has 2 aromatic heterocycles. The van der Waals surface area contributed by atoms with E-state index in [-0.39, 0.29) is 0 Å². The molecule has 0 saturated carbocycles. The molecule has 1 aromatic carbocycles. The van der Waals surface area contributed by atoms with Crippen molar-refractivity contribution in [1.29, 1.82) is 0 Å². The van der Waals surface area contributed by atoms with Gasteiger partial charge in [0.25, 0.3) is 0 Å². The Hall–Kier alpha value is -2.55. The van der Waals surface area contributed by atoms with Gasteiger partial charge in [-0.3, -0.25) is 0 Å². The van der Waals surface area contributed by atoms with Gasteiger partial charge in [0.1, 0.15) is 17.7 Å². The number of nitrogens with one attached hydrogen (secondary N) is 1. The summed E-state index contributed by atoms with van der Waals surface area (Å²) in [4.78, 5) is 8.41.